The van der Waals surface area contributed by atoms with Crippen LogP contribution in [0.25, 0.3) is 0 Å². The zero-order valence-corrected chi connectivity index (χ0v) is 15.9. The number of pyridine rings is 2. The van der Waals surface area contributed by atoms with Crippen molar-refractivity contribution in [1.29, 1.82) is 0 Å². The standard InChI is InChI=1S/C22H20F2N4O/c1-14(26-22(29)15-6-8-16(23)9-7-15)18-10-11-20-19(27-18)5-3-13-28(20)21-17(24)4-2-12-25-21/h2,4,6-12,14H,3,5,13H2,1H3,(H,26,29). The summed E-state index contributed by atoms with van der Waals surface area (Å²) in [6, 6.07) is 11.7. The Balaban J connectivity index is 1.55. The Labute approximate surface area is 167 Å². The van der Waals surface area contributed by atoms with E-state index < -0.39 is 0 Å². The number of nitrogens with zero attached hydrogens (tertiary/aromatic N) is 3. The van der Waals surface area contributed by atoms with Crippen molar-refractivity contribution in [2.24, 2.45) is 0 Å². The van der Waals surface area contributed by atoms with E-state index in [9.17, 15) is 13.6 Å². The molecule has 1 aromatic carbocycles. The quantitative estimate of drug-likeness (QED) is 0.716. The summed E-state index contributed by atoms with van der Waals surface area (Å²) in [5, 5.41) is 2.88. The average molecular weight is 394 g/mol. The highest BCUT2D eigenvalue weighted by Crippen LogP contribution is 2.33. The molecule has 7 heteroatoms. The summed E-state index contributed by atoms with van der Waals surface area (Å²) in [5.41, 5.74) is 2.77. The van der Waals surface area contributed by atoms with Crippen molar-refractivity contribution in [1.82, 2.24) is 15.3 Å². The third-order valence-electron chi connectivity index (χ3n) is 4.95. The fourth-order valence-corrected chi connectivity index (χ4v) is 3.46. The van der Waals surface area contributed by atoms with Crippen LogP contribution in [0.4, 0.5) is 20.3 Å². The maximum absolute atomic E-state index is 14.2. The molecule has 1 atom stereocenters. The number of hydrogen-bond donors (Lipinski definition) is 1. The largest absolute Gasteiger partial charge is 0.344 e. The van der Waals surface area contributed by atoms with Crippen molar-refractivity contribution in [3.8, 4) is 0 Å². The normalized spacial score (nSPS) is 14.2. The lowest BCUT2D eigenvalue weighted by molar-refractivity contribution is 0.0939. The first kappa shape index (κ1) is 19.0. The van der Waals surface area contributed by atoms with Crippen LogP contribution in [-0.2, 0) is 6.42 Å². The molecule has 1 N–H and O–H groups in total. The van der Waals surface area contributed by atoms with Crippen LogP contribution in [0, 0.1) is 11.6 Å². The summed E-state index contributed by atoms with van der Waals surface area (Å²) >= 11 is 0. The Bertz CT molecular complexity index is 1040. The first-order valence-corrected chi connectivity index (χ1v) is 9.47. The molecule has 0 radical (unpaired) electrons. The first-order chi connectivity index (χ1) is 14.0. The van der Waals surface area contributed by atoms with Crippen LogP contribution in [0.1, 0.15) is 41.1 Å². The first-order valence-electron chi connectivity index (χ1n) is 9.47. The number of nitrogens with one attached hydrogen (secondary N) is 1. The molecule has 5 nitrogen and oxygen atoms in total. The van der Waals surface area contributed by atoms with E-state index in [1.54, 1.807) is 12.3 Å². The zero-order chi connectivity index (χ0) is 20.4. The Hall–Kier alpha value is -3.35. The molecule has 0 bridgehead atoms. The minimum atomic E-state index is -0.389. The number of benzene rings is 1. The van der Waals surface area contributed by atoms with Gasteiger partial charge >= 0.3 is 0 Å². The summed E-state index contributed by atoms with van der Waals surface area (Å²) in [7, 11) is 0. The van der Waals surface area contributed by atoms with Gasteiger partial charge in [0.1, 0.15) is 5.82 Å². The van der Waals surface area contributed by atoms with Gasteiger partial charge < -0.3 is 10.2 Å². The Morgan fingerprint density at radius 2 is 1.93 bits per heavy atom. The summed E-state index contributed by atoms with van der Waals surface area (Å²) in [6.45, 7) is 2.51. The van der Waals surface area contributed by atoms with Gasteiger partial charge in [-0.3, -0.25) is 9.78 Å². The van der Waals surface area contributed by atoms with Gasteiger partial charge in [0.05, 0.1) is 23.1 Å². The molecule has 1 unspecified atom stereocenters. The van der Waals surface area contributed by atoms with E-state index in [-0.39, 0.29) is 23.6 Å². The van der Waals surface area contributed by atoms with Gasteiger partial charge in [-0.15, -0.1) is 0 Å². The van der Waals surface area contributed by atoms with E-state index >= 15 is 0 Å². The van der Waals surface area contributed by atoms with Crippen molar-refractivity contribution in [2.75, 3.05) is 11.4 Å². The number of hydrogen-bond acceptors (Lipinski definition) is 4. The van der Waals surface area contributed by atoms with Gasteiger partial charge in [0, 0.05) is 18.3 Å². The summed E-state index contributed by atoms with van der Waals surface area (Å²) in [5.74, 6) is -0.765. The zero-order valence-electron chi connectivity index (χ0n) is 15.9. The maximum atomic E-state index is 14.2. The third kappa shape index (κ3) is 3.94. The molecule has 2 aromatic heterocycles. The van der Waals surface area contributed by atoms with E-state index in [0.29, 0.717) is 23.6 Å². The highest BCUT2D eigenvalue weighted by atomic mass is 19.1. The molecule has 0 spiro atoms. The van der Waals surface area contributed by atoms with Gasteiger partial charge in [0.15, 0.2) is 11.6 Å². The Kier molecular flexibility index (Phi) is 5.20. The monoisotopic (exact) mass is 394 g/mol. The molecule has 3 aromatic rings. The lowest BCUT2D eigenvalue weighted by Gasteiger charge is -2.30. The van der Waals surface area contributed by atoms with Crippen LogP contribution in [0.2, 0.25) is 0 Å². The smallest absolute Gasteiger partial charge is 0.251 e. The molecule has 4 rings (SSSR count). The molecule has 0 aliphatic carbocycles. The van der Waals surface area contributed by atoms with Crippen LogP contribution in [0.15, 0.2) is 54.7 Å². The van der Waals surface area contributed by atoms with Crippen molar-refractivity contribution in [2.45, 2.75) is 25.8 Å². The number of anilines is 2. The highest BCUT2D eigenvalue weighted by molar-refractivity contribution is 5.94. The third-order valence-corrected chi connectivity index (χ3v) is 4.95. The predicted octanol–water partition coefficient (Wildman–Crippen LogP) is 4.33. The lowest BCUT2D eigenvalue weighted by atomic mass is 10.0. The van der Waals surface area contributed by atoms with E-state index in [0.717, 1.165) is 24.2 Å². The molecule has 29 heavy (non-hydrogen) atoms. The summed E-state index contributed by atoms with van der Waals surface area (Å²) in [4.78, 5) is 23.1. The molecule has 1 aliphatic heterocycles. The fourth-order valence-electron chi connectivity index (χ4n) is 3.46. The maximum Gasteiger partial charge on any atom is 0.251 e. The van der Waals surface area contributed by atoms with Crippen molar-refractivity contribution in [3.63, 3.8) is 0 Å². The van der Waals surface area contributed by atoms with Crippen LogP contribution >= 0.6 is 0 Å². The van der Waals surface area contributed by atoms with Gasteiger partial charge in [-0.2, -0.15) is 0 Å². The number of carbonyl (C=O) groups is 1. The van der Waals surface area contributed by atoms with Crippen LogP contribution in [0.5, 0.6) is 0 Å². The van der Waals surface area contributed by atoms with Gasteiger partial charge in [-0.1, -0.05) is 0 Å². The number of rotatable bonds is 4. The molecule has 1 aliphatic rings. The van der Waals surface area contributed by atoms with Crippen molar-refractivity contribution >= 4 is 17.4 Å². The van der Waals surface area contributed by atoms with Crippen molar-refractivity contribution < 1.29 is 13.6 Å². The van der Waals surface area contributed by atoms with E-state index in [2.05, 4.69) is 10.3 Å². The van der Waals surface area contributed by atoms with Gasteiger partial charge in [0.25, 0.3) is 5.91 Å². The molecule has 1 amide bonds. The number of aryl methyl sites for hydroxylation is 1. The molecule has 148 valence electrons. The van der Waals surface area contributed by atoms with Gasteiger partial charge in [-0.05, 0) is 68.3 Å². The van der Waals surface area contributed by atoms with Gasteiger partial charge in [0.2, 0.25) is 0 Å². The van der Waals surface area contributed by atoms with Crippen LogP contribution < -0.4 is 10.2 Å². The number of halogens is 2. The molecule has 0 saturated heterocycles. The van der Waals surface area contributed by atoms with Crippen LogP contribution in [-0.4, -0.2) is 22.4 Å². The average Bonchev–Trinajstić information content (AvgIpc) is 2.73. The Morgan fingerprint density at radius 3 is 2.69 bits per heavy atom. The van der Waals surface area contributed by atoms with Gasteiger partial charge in [-0.25, -0.2) is 13.8 Å². The summed E-state index contributed by atoms with van der Waals surface area (Å²) < 4.78 is 27.3. The molecule has 0 fully saturated rings. The van der Waals surface area contributed by atoms with E-state index in [4.69, 9.17) is 4.98 Å². The SMILES string of the molecule is CC(NC(=O)c1ccc(F)cc1)c1ccc2c(n1)CCCN2c1ncccc1F. The molecule has 0 saturated carbocycles. The number of carbonyl (C=O) groups excluding carboxylic acids is 1. The second kappa shape index (κ2) is 7.95. The second-order valence-electron chi connectivity index (χ2n) is 6.97. The lowest BCUT2D eigenvalue weighted by Crippen LogP contribution is -2.29. The fraction of sp³-hybridized carbons (Fsp3) is 0.227. The highest BCUT2D eigenvalue weighted by Gasteiger charge is 2.24. The number of aromatic nitrogens is 2. The topological polar surface area (TPSA) is 58.1 Å². The predicted molar refractivity (Wildman–Crippen MR) is 106 cm³/mol. The van der Waals surface area contributed by atoms with Crippen molar-refractivity contribution in [3.05, 3.63) is 83.3 Å². The minimum absolute atomic E-state index is 0.292. The molecule has 3 heterocycles. The van der Waals surface area contributed by atoms with Crippen LogP contribution in [0.3, 0.4) is 0 Å². The summed E-state index contributed by atoms with van der Waals surface area (Å²) in [6.07, 6.45) is 3.17. The molecular formula is C22H20F2N4O. The second-order valence-corrected chi connectivity index (χ2v) is 6.97. The minimum Gasteiger partial charge on any atom is -0.344 e. The Morgan fingerprint density at radius 1 is 1.14 bits per heavy atom. The number of amides is 1. The molecular weight excluding hydrogens is 374 g/mol. The van der Waals surface area contributed by atoms with E-state index in [1.807, 2.05) is 24.0 Å². The van der Waals surface area contributed by atoms with E-state index in [1.165, 1.54) is 30.3 Å². The number of fused-ring (bicyclic) bond motifs is 1.